The fraction of sp³-hybridized carbons (Fsp3) is 0.227. The molecule has 5 nitrogen and oxygen atoms in total. The maximum absolute atomic E-state index is 13.8. The maximum Gasteiger partial charge on any atom is 0.263 e. The van der Waals surface area contributed by atoms with Crippen LogP contribution in [0.3, 0.4) is 0 Å². The van der Waals surface area contributed by atoms with Gasteiger partial charge in [0.15, 0.2) is 0 Å². The van der Waals surface area contributed by atoms with Crippen LogP contribution in [0.5, 0.6) is 0 Å². The fourth-order valence-corrected chi connectivity index (χ4v) is 4.87. The molecule has 0 saturated heterocycles. The predicted octanol–water partition coefficient (Wildman–Crippen LogP) is 3.34. The quantitative estimate of drug-likeness (QED) is 0.547. The first-order valence-corrected chi connectivity index (χ1v) is 11.6. The molecule has 2 N–H and O–H groups in total. The van der Waals surface area contributed by atoms with Gasteiger partial charge in [-0.05, 0) is 55.2 Å². The van der Waals surface area contributed by atoms with Crippen LogP contribution >= 0.6 is 7.92 Å². The smallest absolute Gasteiger partial charge is 0.263 e. The molecule has 1 aromatic heterocycles. The van der Waals surface area contributed by atoms with Crippen molar-refractivity contribution in [3.05, 3.63) is 82.9 Å². The Labute approximate surface area is 166 Å². The summed E-state index contributed by atoms with van der Waals surface area (Å²) in [4.78, 5) is 13.8. The first kappa shape index (κ1) is 18.9. The van der Waals surface area contributed by atoms with Crippen LogP contribution in [-0.2, 0) is 0 Å². The minimum atomic E-state index is -0.397. The van der Waals surface area contributed by atoms with E-state index in [1.165, 1.54) is 0 Å². The van der Waals surface area contributed by atoms with Crippen molar-refractivity contribution in [1.29, 1.82) is 0 Å². The third-order valence-corrected chi connectivity index (χ3v) is 6.56. The number of benzene rings is 2. The Hall–Kier alpha value is -2.46. The standard InChI is InChI=1S/C22H25N4OP/c1-16(24-13-8-14-25(24)23)19-15-17-9-7-12-20(28(2)3)21(17)22(27)26(19)18-10-5-4-6-11-18/h4-13,15-16H,14,23H2,1-3H3. The SMILES string of the molecule is CC(c1cc2cccc(P(C)C)c2c(=O)n1-c1ccccc1)N1C=CCN1N. The second-order valence-electron chi connectivity index (χ2n) is 7.24. The number of hydrogen-bond acceptors (Lipinski definition) is 4. The summed E-state index contributed by atoms with van der Waals surface area (Å²) in [7, 11) is -0.397. The summed E-state index contributed by atoms with van der Waals surface area (Å²) in [5.41, 5.74) is 1.82. The molecule has 6 heteroatoms. The van der Waals surface area contributed by atoms with E-state index in [1.807, 2.05) is 64.3 Å². The van der Waals surface area contributed by atoms with Gasteiger partial charge >= 0.3 is 0 Å². The number of nitrogens with two attached hydrogens (primary N) is 1. The summed E-state index contributed by atoms with van der Waals surface area (Å²) in [6, 6.07) is 18.1. The van der Waals surface area contributed by atoms with Crippen molar-refractivity contribution in [2.24, 2.45) is 5.84 Å². The zero-order chi connectivity index (χ0) is 19.8. The highest BCUT2D eigenvalue weighted by molar-refractivity contribution is 7.64. The molecular formula is C22H25N4OP. The Bertz CT molecular complexity index is 1090. The maximum atomic E-state index is 13.8. The van der Waals surface area contributed by atoms with Crippen LogP contribution in [0, 0.1) is 0 Å². The summed E-state index contributed by atoms with van der Waals surface area (Å²) in [6.07, 6.45) is 3.99. The highest BCUT2D eigenvalue weighted by atomic mass is 31.1. The molecule has 0 spiro atoms. The second kappa shape index (κ2) is 7.51. The van der Waals surface area contributed by atoms with E-state index in [0.717, 1.165) is 27.5 Å². The van der Waals surface area contributed by atoms with Gasteiger partial charge in [-0.1, -0.05) is 44.3 Å². The van der Waals surface area contributed by atoms with Crippen LogP contribution in [0.2, 0.25) is 0 Å². The molecule has 0 saturated carbocycles. The molecule has 1 aliphatic heterocycles. The van der Waals surface area contributed by atoms with Crippen molar-refractivity contribution in [3.63, 3.8) is 0 Å². The number of pyridine rings is 1. The summed E-state index contributed by atoms with van der Waals surface area (Å²) in [5, 5.41) is 6.58. The van der Waals surface area contributed by atoms with E-state index >= 15 is 0 Å². The third-order valence-electron chi connectivity index (χ3n) is 5.22. The second-order valence-corrected chi connectivity index (χ2v) is 9.51. The van der Waals surface area contributed by atoms with Crippen LogP contribution in [0.1, 0.15) is 18.7 Å². The Morgan fingerprint density at radius 2 is 1.82 bits per heavy atom. The minimum Gasteiger partial charge on any atom is -0.291 e. The molecule has 1 atom stereocenters. The summed E-state index contributed by atoms with van der Waals surface area (Å²) in [5.74, 6) is 6.13. The molecule has 2 heterocycles. The van der Waals surface area contributed by atoms with Gasteiger partial charge in [0.25, 0.3) is 5.56 Å². The van der Waals surface area contributed by atoms with Gasteiger partial charge in [0.1, 0.15) is 0 Å². The first-order valence-electron chi connectivity index (χ1n) is 9.37. The lowest BCUT2D eigenvalue weighted by Crippen LogP contribution is -2.43. The first-order chi connectivity index (χ1) is 13.5. The molecular weight excluding hydrogens is 367 g/mol. The van der Waals surface area contributed by atoms with Crippen molar-refractivity contribution in [1.82, 2.24) is 14.7 Å². The number of hydrazine groups is 2. The summed E-state index contributed by atoms with van der Waals surface area (Å²) >= 11 is 0. The average molecular weight is 392 g/mol. The molecule has 0 radical (unpaired) electrons. The summed E-state index contributed by atoms with van der Waals surface area (Å²) in [6.45, 7) is 7.11. The molecule has 0 aliphatic carbocycles. The Morgan fingerprint density at radius 1 is 1.07 bits per heavy atom. The molecule has 0 bridgehead atoms. The Morgan fingerprint density at radius 3 is 2.46 bits per heavy atom. The van der Waals surface area contributed by atoms with Gasteiger partial charge in [0, 0.05) is 11.9 Å². The molecule has 1 unspecified atom stereocenters. The average Bonchev–Trinajstić information content (AvgIpc) is 3.13. The lowest BCUT2D eigenvalue weighted by molar-refractivity contribution is 0.0135. The van der Waals surface area contributed by atoms with Crippen molar-refractivity contribution < 1.29 is 0 Å². The monoisotopic (exact) mass is 392 g/mol. The highest BCUT2D eigenvalue weighted by Crippen LogP contribution is 2.30. The number of para-hydroxylation sites is 1. The number of rotatable bonds is 4. The lowest BCUT2D eigenvalue weighted by Gasteiger charge is -2.32. The molecule has 28 heavy (non-hydrogen) atoms. The Kier molecular flexibility index (Phi) is 5.07. The van der Waals surface area contributed by atoms with Crippen molar-refractivity contribution in [2.45, 2.75) is 13.0 Å². The van der Waals surface area contributed by atoms with Gasteiger partial charge < -0.3 is 0 Å². The van der Waals surface area contributed by atoms with E-state index < -0.39 is 7.92 Å². The van der Waals surface area contributed by atoms with Gasteiger partial charge in [0.2, 0.25) is 0 Å². The number of nitrogens with zero attached hydrogens (tertiary/aromatic N) is 3. The van der Waals surface area contributed by atoms with Gasteiger partial charge in [0.05, 0.1) is 23.7 Å². The molecule has 4 rings (SSSR count). The number of fused-ring (bicyclic) bond motifs is 1. The molecule has 144 valence electrons. The minimum absolute atomic E-state index is 0.0316. The van der Waals surface area contributed by atoms with Crippen molar-refractivity contribution in [3.8, 4) is 5.69 Å². The van der Waals surface area contributed by atoms with Gasteiger partial charge in [-0.2, -0.15) is 5.12 Å². The molecule has 2 aromatic carbocycles. The van der Waals surface area contributed by atoms with E-state index in [2.05, 4.69) is 32.4 Å². The van der Waals surface area contributed by atoms with E-state index in [4.69, 9.17) is 5.84 Å². The topological polar surface area (TPSA) is 54.5 Å². The van der Waals surface area contributed by atoms with Crippen molar-refractivity contribution >= 4 is 24.0 Å². The van der Waals surface area contributed by atoms with Gasteiger partial charge in [-0.15, -0.1) is 0 Å². The Balaban J connectivity index is 2.04. The van der Waals surface area contributed by atoms with Crippen LogP contribution in [0.15, 0.2) is 71.7 Å². The normalized spacial score (nSPS) is 15.7. The predicted molar refractivity (Wildman–Crippen MR) is 118 cm³/mol. The van der Waals surface area contributed by atoms with Crippen molar-refractivity contribution in [2.75, 3.05) is 19.9 Å². The van der Waals surface area contributed by atoms with Crippen LogP contribution in [0.25, 0.3) is 16.5 Å². The number of aromatic nitrogens is 1. The third kappa shape index (κ3) is 3.16. The van der Waals surface area contributed by atoms with E-state index in [9.17, 15) is 4.79 Å². The van der Waals surface area contributed by atoms with Gasteiger partial charge in [-0.25, -0.2) is 0 Å². The fourth-order valence-electron chi connectivity index (χ4n) is 3.82. The largest absolute Gasteiger partial charge is 0.291 e. The lowest BCUT2D eigenvalue weighted by atomic mass is 10.1. The zero-order valence-corrected chi connectivity index (χ0v) is 17.3. The van der Waals surface area contributed by atoms with E-state index in [0.29, 0.717) is 6.54 Å². The molecule has 0 fully saturated rings. The zero-order valence-electron chi connectivity index (χ0n) is 16.4. The number of hydrogen-bond donors (Lipinski definition) is 1. The molecule has 0 amide bonds. The highest BCUT2D eigenvalue weighted by Gasteiger charge is 2.25. The van der Waals surface area contributed by atoms with Crippen LogP contribution < -0.4 is 16.7 Å². The molecule has 3 aromatic rings. The van der Waals surface area contributed by atoms with Crippen LogP contribution in [-0.4, -0.2) is 34.6 Å². The summed E-state index contributed by atoms with van der Waals surface area (Å²) < 4.78 is 1.84. The van der Waals surface area contributed by atoms with E-state index in [-0.39, 0.29) is 11.6 Å². The van der Waals surface area contributed by atoms with Gasteiger partial charge in [-0.3, -0.25) is 20.2 Å². The molecule has 1 aliphatic rings. The van der Waals surface area contributed by atoms with Crippen LogP contribution in [0.4, 0.5) is 0 Å². The van der Waals surface area contributed by atoms with E-state index in [1.54, 1.807) is 5.12 Å².